The van der Waals surface area contributed by atoms with Crippen LogP contribution in [0.25, 0.3) is 0 Å². The van der Waals surface area contributed by atoms with E-state index in [9.17, 15) is 0 Å². The van der Waals surface area contributed by atoms with Crippen LogP contribution < -0.4 is 4.74 Å². The van der Waals surface area contributed by atoms with E-state index in [1.807, 2.05) is 6.92 Å². The molecule has 2 aliphatic rings. The first-order valence-electron chi connectivity index (χ1n) is 9.22. The molecule has 1 nitrogen and oxygen atoms in total. The maximum Gasteiger partial charge on any atom is 0.119 e. The second-order valence-electron chi connectivity index (χ2n) is 7.55. The molecule has 2 atom stereocenters. The van der Waals surface area contributed by atoms with Crippen LogP contribution in [0.2, 0.25) is 0 Å². The van der Waals surface area contributed by atoms with E-state index >= 15 is 0 Å². The third kappa shape index (κ3) is 3.71. The number of rotatable bonds is 7. The van der Waals surface area contributed by atoms with Crippen molar-refractivity contribution in [3.63, 3.8) is 0 Å². The van der Waals surface area contributed by atoms with E-state index in [0.29, 0.717) is 17.3 Å². The van der Waals surface area contributed by atoms with Crippen molar-refractivity contribution in [2.75, 3.05) is 6.61 Å². The number of hydrogen-bond acceptors (Lipinski definition) is 1. The Kier molecular flexibility index (Phi) is 4.94. The zero-order chi connectivity index (χ0) is 16.3. The van der Waals surface area contributed by atoms with Gasteiger partial charge >= 0.3 is 0 Å². The van der Waals surface area contributed by atoms with Crippen LogP contribution in [0.5, 0.6) is 5.75 Å². The van der Waals surface area contributed by atoms with Crippen LogP contribution in [0.4, 0.5) is 0 Å². The summed E-state index contributed by atoms with van der Waals surface area (Å²) in [6, 6.07) is 8.69. The summed E-state index contributed by atoms with van der Waals surface area (Å²) in [5.74, 6) is 3.21. The van der Waals surface area contributed by atoms with Gasteiger partial charge < -0.3 is 4.74 Å². The number of allylic oxidation sites excluding steroid dienone is 4. The molecule has 0 aliphatic heterocycles. The zero-order valence-electron chi connectivity index (χ0n) is 14.8. The third-order valence-electron chi connectivity index (χ3n) is 5.66. The van der Waals surface area contributed by atoms with E-state index in [1.165, 1.54) is 24.8 Å². The minimum absolute atomic E-state index is 0.328. The first-order valence-corrected chi connectivity index (χ1v) is 9.22. The number of benzene rings is 1. The summed E-state index contributed by atoms with van der Waals surface area (Å²) in [5.41, 5.74) is 1.74. The Balaban J connectivity index is 1.77. The molecule has 2 aliphatic carbocycles. The Hall–Kier alpha value is -1.50. The average molecular weight is 310 g/mol. The van der Waals surface area contributed by atoms with Crippen molar-refractivity contribution in [1.82, 2.24) is 0 Å². The summed E-state index contributed by atoms with van der Waals surface area (Å²) in [6.07, 6.45) is 14.8. The Labute approximate surface area is 141 Å². The van der Waals surface area contributed by atoms with Crippen molar-refractivity contribution in [3.05, 3.63) is 54.1 Å². The van der Waals surface area contributed by atoms with Gasteiger partial charge in [0.2, 0.25) is 0 Å². The fourth-order valence-electron chi connectivity index (χ4n) is 4.03. The Morgan fingerprint density at radius 2 is 1.87 bits per heavy atom. The molecule has 1 aromatic carbocycles. The topological polar surface area (TPSA) is 9.23 Å². The highest BCUT2D eigenvalue weighted by atomic mass is 16.5. The molecule has 0 aromatic heterocycles. The summed E-state index contributed by atoms with van der Waals surface area (Å²) in [4.78, 5) is 0. The second-order valence-corrected chi connectivity index (χ2v) is 7.55. The molecule has 0 N–H and O–H groups in total. The van der Waals surface area contributed by atoms with Gasteiger partial charge in [0.25, 0.3) is 0 Å². The van der Waals surface area contributed by atoms with E-state index in [-0.39, 0.29) is 0 Å². The van der Waals surface area contributed by atoms with Gasteiger partial charge in [0.05, 0.1) is 6.61 Å². The van der Waals surface area contributed by atoms with Crippen LogP contribution in [0.3, 0.4) is 0 Å². The summed E-state index contributed by atoms with van der Waals surface area (Å²) >= 11 is 0. The Morgan fingerprint density at radius 3 is 2.48 bits per heavy atom. The first kappa shape index (κ1) is 16.4. The lowest BCUT2D eigenvalue weighted by Gasteiger charge is -2.43. The van der Waals surface area contributed by atoms with E-state index < -0.39 is 0 Å². The normalized spacial score (nSPS) is 26.7. The van der Waals surface area contributed by atoms with Crippen LogP contribution in [-0.4, -0.2) is 6.61 Å². The molecule has 1 fully saturated rings. The summed E-state index contributed by atoms with van der Waals surface area (Å²) in [6.45, 7) is 7.56. The lowest BCUT2D eigenvalue weighted by atomic mass is 9.61. The second kappa shape index (κ2) is 6.95. The van der Waals surface area contributed by atoms with E-state index in [2.05, 4.69) is 62.4 Å². The van der Waals surface area contributed by atoms with E-state index in [4.69, 9.17) is 4.74 Å². The zero-order valence-corrected chi connectivity index (χ0v) is 14.8. The lowest BCUT2D eigenvalue weighted by molar-refractivity contribution is 0.157. The van der Waals surface area contributed by atoms with Crippen LogP contribution in [0, 0.1) is 23.2 Å². The maximum atomic E-state index is 5.57. The fourth-order valence-corrected chi connectivity index (χ4v) is 4.03. The Bertz CT molecular complexity index is 562. The van der Waals surface area contributed by atoms with Gasteiger partial charge in [-0.15, -0.1) is 0 Å². The van der Waals surface area contributed by atoms with Crippen molar-refractivity contribution < 1.29 is 4.74 Å². The maximum absolute atomic E-state index is 5.57. The smallest absolute Gasteiger partial charge is 0.119 e. The van der Waals surface area contributed by atoms with Crippen LogP contribution in [0.1, 0.15) is 45.6 Å². The lowest BCUT2D eigenvalue weighted by Crippen LogP contribution is -2.36. The number of ether oxygens (including phenoxy) is 1. The molecule has 0 bridgehead atoms. The largest absolute Gasteiger partial charge is 0.494 e. The molecule has 124 valence electrons. The molecular formula is C22H30O. The minimum Gasteiger partial charge on any atom is -0.494 e. The quantitative estimate of drug-likeness (QED) is 0.617. The van der Waals surface area contributed by atoms with Gasteiger partial charge in [0.1, 0.15) is 5.75 Å². The highest BCUT2D eigenvalue weighted by molar-refractivity contribution is 5.30. The molecule has 1 aromatic rings. The molecule has 0 saturated heterocycles. The number of hydrogen-bond donors (Lipinski definition) is 0. The van der Waals surface area contributed by atoms with E-state index in [1.54, 1.807) is 0 Å². The predicted octanol–water partition coefficient (Wildman–Crippen LogP) is 5.81. The highest BCUT2D eigenvalue weighted by Gasteiger charge is 2.43. The Morgan fingerprint density at radius 1 is 1.13 bits per heavy atom. The summed E-state index contributed by atoms with van der Waals surface area (Å²) < 4.78 is 5.57. The van der Waals surface area contributed by atoms with Gasteiger partial charge in [0, 0.05) is 0 Å². The predicted molar refractivity (Wildman–Crippen MR) is 97.7 cm³/mol. The molecule has 1 saturated carbocycles. The molecule has 0 spiro atoms. The van der Waals surface area contributed by atoms with Crippen molar-refractivity contribution in [2.24, 2.45) is 23.2 Å². The van der Waals surface area contributed by atoms with Crippen LogP contribution in [-0.2, 0) is 6.42 Å². The van der Waals surface area contributed by atoms with E-state index in [0.717, 1.165) is 24.7 Å². The van der Waals surface area contributed by atoms with Crippen LogP contribution >= 0.6 is 0 Å². The van der Waals surface area contributed by atoms with Gasteiger partial charge in [-0.2, -0.15) is 0 Å². The SMILES string of the molecule is CCOc1ccc(CC2C=CC=CC2(CC2CC2)C(C)C)cc1. The monoisotopic (exact) mass is 310 g/mol. The van der Waals surface area contributed by atoms with Gasteiger partial charge in [-0.25, -0.2) is 0 Å². The van der Waals surface area contributed by atoms with Gasteiger partial charge in [-0.1, -0.05) is 63.1 Å². The third-order valence-corrected chi connectivity index (χ3v) is 5.66. The molecule has 0 heterocycles. The highest BCUT2D eigenvalue weighted by Crippen LogP contribution is 2.51. The molecule has 2 unspecified atom stereocenters. The molecule has 1 heteroatoms. The summed E-state index contributed by atoms with van der Waals surface area (Å²) in [7, 11) is 0. The summed E-state index contributed by atoms with van der Waals surface area (Å²) in [5, 5.41) is 0. The molecular weight excluding hydrogens is 280 g/mol. The molecule has 23 heavy (non-hydrogen) atoms. The standard InChI is InChI=1S/C22H30O/c1-4-23-21-12-10-18(11-13-21)15-20-7-5-6-14-22(20,17(2)3)16-19-8-9-19/h5-7,10-14,17,19-20H,4,8-9,15-16H2,1-3H3. The molecule has 0 radical (unpaired) electrons. The first-order chi connectivity index (χ1) is 11.1. The van der Waals surface area contributed by atoms with Crippen molar-refractivity contribution >= 4 is 0 Å². The molecule has 0 amide bonds. The van der Waals surface area contributed by atoms with Crippen molar-refractivity contribution in [1.29, 1.82) is 0 Å². The average Bonchev–Trinajstić information content (AvgIpc) is 3.35. The van der Waals surface area contributed by atoms with Gasteiger partial charge in [0.15, 0.2) is 0 Å². The fraction of sp³-hybridized carbons (Fsp3) is 0.545. The van der Waals surface area contributed by atoms with Crippen molar-refractivity contribution in [3.8, 4) is 5.75 Å². The van der Waals surface area contributed by atoms with Gasteiger partial charge in [-0.3, -0.25) is 0 Å². The van der Waals surface area contributed by atoms with Crippen LogP contribution in [0.15, 0.2) is 48.6 Å². The minimum atomic E-state index is 0.328. The van der Waals surface area contributed by atoms with Crippen molar-refractivity contribution in [2.45, 2.75) is 46.5 Å². The van der Waals surface area contributed by atoms with Gasteiger partial charge in [-0.05, 0) is 60.6 Å². The molecule has 3 rings (SSSR count).